The van der Waals surface area contributed by atoms with E-state index in [2.05, 4.69) is 36.9 Å². The average molecular weight is 468 g/mol. The number of nitriles is 1. The van der Waals surface area contributed by atoms with Gasteiger partial charge in [-0.25, -0.2) is 18.4 Å². The maximum atomic E-state index is 12.1. The molecule has 33 heavy (non-hydrogen) atoms. The number of nitrogens with one attached hydrogen (secondary N) is 3. The van der Waals surface area contributed by atoms with E-state index in [9.17, 15) is 18.8 Å². The van der Waals surface area contributed by atoms with E-state index < -0.39 is 20.0 Å². The van der Waals surface area contributed by atoms with Crippen LogP contribution in [0.1, 0.15) is 37.6 Å². The smallest absolute Gasteiger partial charge is 0.228 e. The molecule has 0 radical (unpaired) electrons. The van der Waals surface area contributed by atoms with Gasteiger partial charge in [-0.3, -0.25) is 5.10 Å². The number of aromatic nitrogens is 4. The molecule has 0 unspecified atom stereocenters. The summed E-state index contributed by atoms with van der Waals surface area (Å²) in [6.07, 6.45) is 2.76. The van der Waals surface area contributed by atoms with Gasteiger partial charge in [-0.15, -0.1) is 0 Å². The van der Waals surface area contributed by atoms with E-state index in [-0.39, 0.29) is 12.6 Å². The topological polar surface area (TPSA) is 157 Å². The Kier molecular flexibility index (Phi) is 5.38. The van der Waals surface area contributed by atoms with Crippen LogP contribution >= 0.6 is 0 Å². The van der Waals surface area contributed by atoms with Gasteiger partial charge >= 0.3 is 0 Å². The Hall–Kier alpha value is -3.49. The number of hydrogen-bond donors (Lipinski definition) is 4. The normalized spacial score (nSPS) is 17.8. The monoisotopic (exact) mass is 467 g/mol. The second kappa shape index (κ2) is 7.83. The second-order valence-electron chi connectivity index (χ2n) is 8.97. The number of anilines is 3. The van der Waals surface area contributed by atoms with Crippen LogP contribution in [0, 0.1) is 11.3 Å². The van der Waals surface area contributed by atoms with Gasteiger partial charge in [0, 0.05) is 36.0 Å². The predicted octanol–water partition coefficient (Wildman–Crippen LogP) is 2.44. The highest BCUT2D eigenvalue weighted by molar-refractivity contribution is 7.91. The quantitative estimate of drug-likeness (QED) is 0.427. The van der Waals surface area contributed by atoms with Gasteiger partial charge in [0.15, 0.2) is 9.84 Å². The lowest BCUT2D eigenvalue weighted by atomic mass is 9.83. The third-order valence-corrected chi connectivity index (χ3v) is 8.30. The molecule has 0 aliphatic carbocycles. The summed E-state index contributed by atoms with van der Waals surface area (Å²) in [6.45, 7) is 5.62. The molecule has 0 saturated heterocycles. The lowest BCUT2D eigenvalue weighted by Crippen LogP contribution is -2.28. The molecule has 0 saturated carbocycles. The van der Waals surface area contributed by atoms with E-state index in [1.54, 1.807) is 38.2 Å². The third-order valence-electron chi connectivity index (χ3n) is 6.23. The van der Waals surface area contributed by atoms with Crippen LogP contribution in [0.4, 0.5) is 17.5 Å². The van der Waals surface area contributed by atoms with Crippen LogP contribution in [0.2, 0.25) is 0 Å². The largest absolute Gasteiger partial charge is 0.395 e. The molecular formula is C22H25N7O3S. The molecule has 1 aromatic carbocycles. The number of benzene rings is 1. The summed E-state index contributed by atoms with van der Waals surface area (Å²) in [6, 6.07) is 9.25. The molecule has 4 rings (SSSR count). The lowest BCUT2D eigenvalue weighted by molar-refractivity contribution is 0.219. The number of aliphatic hydroxyl groups is 1. The van der Waals surface area contributed by atoms with E-state index >= 15 is 0 Å². The molecule has 3 heterocycles. The molecule has 1 aliphatic heterocycles. The van der Waals surface area contributed by atoms with Crippen LogP contribution < -0.4 is 10.6 Å². The van der Waals surface area contributed by atoms with E-state index in [1.165, 1.54) is 6.26 Å². The number of hydrogen-bond acceptors (Lipinski definition) is 9. The van der Waals surface area contributed by atoms with Crippen LogP contribution in [0.25, 0.3) is 11.3 Å². The molecule has 1 atom stereocenters. The number of rotatable bonds is 6. The van der Waals surface area contributed by atoms with Gasteiger partial charge in [-0.05, 0) is 37.6 Å². The van der Waals surface area contributed by atoms with Crippen molar-refractivity contribution >= 4 is 27.3 Å². The maximum absolute atomic E-state index is 12.1. The van der Waals surface area contributed by atoms with Crippen LogP contribution in [-0.2, 0) is 20.0 Å². The number of aliphatic hydroxyl groups excluding tert-OH is 1. The van der Waals surface area contributed by atoms with Gasteiger partial charge in [0.2, 0.25) is 5.95 Å². The van der Waals surface area contributed by atoms with Gasteiger partial charge in [0.05, 0.1) is 29.2 Å². The number of aromatic amines is 1. The minimum absolute atomic E-state index is 0.0517. The first-order chi connectivity index (χ1) is 15.5. The number of nitrogens with zero attached hydrogens (tertiary/aromatic N) is 4. The zero-order chi connectivity index (χ0) is 24.0. The molecule has 4 N–H and O–H groups in total. The minimum Gasteiger partial charge on any atom is -0.395 e. The Bertz CT molecular complexity index is 1370. The van der Waals surface area contributed by atoms with Crippen molar-refractivity contribution in [3.8, 4) is 17.3 Å². The summed E-state index contributed by atoms with van der Waals surface area (Å²) in [5.74, 6) is 0.726. The zero-order valence-electron chi connectivity index (χ0n) is 18.8. The Labute approximate surface area is 192 Å². The Morgan fingerprint density at radius 2 is 2.09 bits per heavy atom. The first kappa shape index (κ1) is 22.7. The number of sulfone groups is 1. The summed E-state index contributed by atoms with van der Waals surface area (Å²) in [5, 5.41) is 32.7. The van der Waals surface area contributed by atoms with Gasteiger partial charge < -0.3 is 15.7 Å². The van der Waals surface area contributed by atoms with Crippen LogP contribution in [0.5, 0.6) is 0 Å². The second-order valence-corrected chi connectivity index (χ2v) is 11.5. The summed E-state index contributed by atoms with van der Waals surface area (Å²) in [4.78, 5) is 8.79. The molecular weight excluding hydrogens is 442 g/mol. The van der Waals surface area contributed by atoms with Crippen LogP contribution in [0.15, 0.2) is 30.5 Å². The highest BCUT2D eigenvalue weighted by atomic mass is 32.2. The first-order valence-corrected chi connectivity index (χ1v) is 12.2. The number of fused-ring (bicyclic) bond motifs is 1. The molecule has 0 fully saturated rings. The third kappa shape index (κ3) is 3.92. The minimum atomic E-state index is -3.37. The molecule has 0 amide bonds. The lowest BCUT2D eigenvalue weighted by Gasteiger charge is -2.21. The summed E-state index contributed by atoms with van der Waals surface area (Å²) >= 11 is 0. The van der Waals surface area contributed by atoms with E-state index in [4.69, 9.17) is 0 Å². The van der Waals surface area contributed by atoms with E-state index in [0.717, 1.165) is 16.8 Å². The van der Waals surface area contributed by atoms with Crippen molar-refractivity contribution in [2.45, 2.75) is 30.9 Å². The molecule has 11 heteroatoms. The molecule has 3 aromatic rings. The molecule has 10 nitrogen and oxygen atoms in total. The summed E-state index contributed by atoms with van der Waals surface area (Å²) in [7, 11) is -3.37. The molecule has 172 valence electrons. The van der Waals surface area contributed by atoms with Crippen molar-refractivity contribution in [3.63, 3.8) is 0 Å². The maximum Gasteiger partial charge on any atom is 0.228 e. The molecule has 2 aromatic heterocycles. The zero-order valence-corrected chi connectivity index (χ0v) is 19.6. The standard InChI is InChI=1S/C22H25N7O3S/c1-21(2,33(4,31)32)17-9-18(29-28-17)27-20-24-6-5-16(26-20)13-7-14(10-23)19-15(8-13)22(3,12-30)11-25-19/h5-9,25,30H,11-12H2,1-4H3,(H2,24,26,27,28,29)/t22-/m1/s1. The van der Waals surface area contributed by atoms with Crippen LogP contribution in [-0.4, -0.2) is 53.1 Å². The van der Waals surface area contributed by atoms with Gasteiger partial charge in [-0.2, -0.15) is 10.4 Å². The highest BCUT2D eigenvalue weighted by Gasteiger charge is 2.36. The van der Waals surface area contributed by atoms with E-state index in [0.29, 0.717) is 29.3 Å². The van der Waals surface area contributed by atoms with Crippen molar-refractivity contribution < 1.29 is 13.5 Å². The fraction of sp³-hybridized carbons (Fsp3) is 0.364. The SMILES string of the molecule is CC(C)(c1cc(Nc2nccc(-c3cc(C#N)c4c(c3)[C@@](C)(CO)CN4)n2)[nH]n1)S(C)(=O)=O. The Balaban J connectivity index is 1.67. The number of H-pyrrole nitrogens is 1. The van der Waals surface area contributed by atoms with Gasteiger partial charge in [0.25, 0.3) is 0 Å². The van der Waals surface area contributed by atoms with Crippen molar-refractivity contribution in [3.05, 3.63) is 47.3 Å². The first-order valence-electron chi connectivity index (χ1n) is 10.3. The average Bonchev–Trinajstić information content (AvgIpc) is 3.38. The predicted molar refractivity (Wildman–Crippen MR) is 125 cm³/mol. The van der Waals surface area contributed by atoms with Gasteiger partial charge in [-0.1, -0.05) is 6.92 Å². The van der Waals surface area contributed by atoms with Crippen molar-refractivity contribution in [2.75, 3.05) is 30.0 Å². The van der Waals surface area contributed by atoms with Crippen molar-refractivity contribution in [1.29, 1.82) is 5.26 Å². The summed E-state index contributed by atoms with van der Waals surface area (Å²) in [5.41, 5.74) is 3.28. The van der Waals surface area contributed by atoms with E-state index in [1.807, 2.05) is 13.0 Å². The fourth-order valence-electron chi connectivity index (χ4n) is 3.65. The summed E-state index contributed by atoms with van der Waals surface area (Å²) < 4.78 is 23.0. The van der Waals surface area contributed by atoms with Crippen molar-refractivity contribution in [2.24, 2.45) is 0 Å². The fourth-order valence-corrected chi connectivity index (χ4v) is 4.13. The van der Waals surface area contributed by atoms with Crippen molar-refractivity contribution in [1.82, 2.24) is 20.2 Å². The van der Waals surface area contributed by atoms with Crippen LogP contribution in [0.3, 0.4) is 0 Å². The molecule has 0 spiro atoms. The van der Waals surface area contributed by atoms with Gasteiger partial charge in [0.1, 0.15) is 16.6 Å². The molecule has 1 aliphatic rings. The highest BCUT2D eigenvalue weighted by Crippen LogP contribution is 2.41. The Morgan fingerprint density at radius 1 is 1.33 bits per heavy atom. The Morgan fingerprint density at radius 3 is 2.76 bits per heavy atom. The molecule has 0 bridgehead atoms.